The lowest BCUT2D eigenvalue weighted by molar-refractivity contribution is 0.0597. The van der Waals surface area contributed by atoms with Crippen LogP contribution < -0.4 is 14.2 Å². The van der Waals surface area contributed by atoms with Crippen molar-refractivity contribution in [2.45, 2.75) is 6.92 Å². The molecule has 0 heterocycles. The van der Waals surface area contributed by atoms with Gasteiger partial charge in [-0.25, -0.2) is 9.59 Å². The Bertz CT molecular complexity index is 695. The summed E-state index contributed by atoms with van der Waals surface area (Å²) in [6.07, 6.45) is -0.978. The molecule has 0 fully saturated rings. The molecule has 0 aromatic heterocycles. The van der Waals surface area contributed by atoms with Crippen molar-refractivity contribution >= 4 is 12.1 Å². The fraction of sp³-hybridized carbons (Fsp3) is 0.176. The minimum absolute atomic E-state index is 0.0539. The second-order valence-electron chi connectivity index (χ2n) is 4.32. The molecule has 0 saturated heterocycles. The van der Waals surface area contributed by atoms with E-state index in [0.29, 0.717) is 12.4 Å². The minimum atomic E-state index is -0.978. The van der Waals surface area contributed by atoms with Crippen LogP contribution in [0.4, 0.5) is 4.79 Å². The first-order valence-electron chi connectivity index (χ1n) is 6.94. The van der Waals surface area contributed by atoms with Crippen molar-refractivity contribution in [1.29, 1.82) is 0 Å². The molecular weight excluding hydrogens is 300 g/mol. The molecule has 0 N–H and O–H groups in total. The van der Waals surface area contributed by atoms with Crippen molar-refractivity contribution in [3.8, 4) is 17.2 Å². The standard InChI is InChI=1S/C17H16O6/c1-3-21-14-10-6-7-11-15(14)23-17(19)22-13-9-5-4-8-12(13)16(18)20-2/h4-11H,3H2,1-2H3. The van der Waals surface area contributed by atoms with Gasteiger partial charge in [-0.3, -0.25) is 0 Å². The molecule has 2 rings (SSSR count). The lowest BCUT2D eigenvalue weighted by atomic mass is 10.2. The van der Waals surface area contributed by atoms with Crippen LogP contribution in [0.15, 0.2) is 48.5 Å². The van der Waals surface area contributed by atoms with Gasteiger partial charge in [0.15, 0.2) is 11.5 Å². The molecule has 0 unspecified atom stereocenters. The highest BCUT2D eigenvalue weighted by atomic mass is 16.7. The fourth-order valence-electron chi connectivity index (χ4n) is 1.84. The number of carbonyl (C=O) groups is 2. The van der Waals surface area contributed by atoms with Gasteiger partial charge in [-0.2, -0.15) is 0 Å². The van der Waals surface area contributed by atoms with Crippen LogP contribution in [-0.2, 0) is 4.74 Å². The Morgan fingerprint density at radius 3 is 2.09 bits per heavy atom. The van der Waals surface area contributed by atoms with Gasteiger partial charge in [0.1, 0.15) is 11.3 Å². The smallest absolute Gasteiger partial charge is 0.490 e. The minimum Gasteiger partial charge on any atom is -0.490 e. The van der Waals surface area contributed by atoms with E-state index in [4.69, 9.17) is 14.2 Å². The van der Waals surface area contributed by atoms with E-state index in [1.807, 2.05) is 6.92 Å². The van der Waals surface area contributed by atoms with Gasteiger partial charge < -0.3 is 18.9 Å². The Hall–Kier alpha value is -3.02. The molecule has 0 bridgehead atoms. The van der Waals surface area contributed by atoms with Crippen LogP contribution in [0.1, 0.15) is 17.3 Å². The number of hydrogen-bond acceptors (Lipinski definition) is 6. The Morgan fingerprint density at radius 2 is 1.43 bits per heavy atom. The number of methoxy groups -OCH3 is 1. The highest BCUT2D eigenvalue weighted by molar-refractivity contribution is 5.93. The summed E-state index contributed by atoms with van der Waals surface area (Å²) in [6.45, 7) is 2.25. The zero-order chi connectivity index (χ0) is 16.7. The molecule has 0 atom stereocenters. The van der Waals surface area contributed by atoms with E-state index in [1.54, 1.807) is 36.4 Å². The summed E-state index contributed by atoms with van der Waals surface area (Å²) < 4.78 is 20.2. The van der Waals surface area contributed by atoms with Gasteiger partial charge in [0.05, 0.1) is 13.7 Å². The van der Waals surface area contributed by atoms with E-state index in [2.05, 4.69) is 4.74 Å². The average Bonchev–Trinajstić information content (AvgIpc) is 2.56. The maximum atomic E-state index is 11.9. The summed E-state index contributed by atoms with van der Waals surface area (Å²) in [6, 6.07) is 12.9. The molecule has 6 nitrogen and oxygen atoms in total. The van der Waals surface area contributed by atoms with E-state index in [0.717, 1.165) is 0 Å². The van der Waals surface area contributed by atoms with Gasteiger partial charge in [-0.1, -0.05) is 24.3 Å². The van der Waals surface area contributed by atoms with Crippen molar-refractivity contribution in [2.75, 3.05) is 13.7 Å². The molecule has 0 saturated carbocycles. The number of hydrogen-bond donors (Lipinski definition) is 0. The topological polar surface area (TPSA) is 71.1 Å². The van der Waals surface area contributed by atoms with Crippen LogP contribution in [-0.4, -0.2) is 25.8 Å². The maximum Gasteiger partial charge on any atom is 0.519 e. The van der Waals surface area contributed by atoms with E-state index < -0.39 is 12.1 Å². The molecule has 2 aromatic carbocycles. The first-order chi connectivity index (χ1) is 11.2. The number of ether oxygens (including phenoxy) is 4. The van der Waals surface area contributed by atoms with Crippen LogP contribution in [0.3, 0.4) is 0 Å². The number of benzene rings is 2. The van der Waals surface area contributed by atoms with Gasteiger partial charge in [0.25, 0.3) is 0 Å². The van der Waals surface area contributed by atoms with E-state index in [9.17, 15) is 9.59 Å². The van der Waals surface area contributed by atoms with Crippen LogP contribution in [0.5, 0.6) is 17.2 Å². The van der Waals surface area contributed by atoms with E-state index >= 15 is 0 Å². The molecule has 0 aliphatic heterocycles. The largest absolute Gasteiger partial charge is 0.519 e. The summed E-state index contributed by atoms with van der Waals surface area (Å²) in [4.78, 5) is 23.6. The molecule has 0 aliphatic carbocycles. The van der Waals surface area contributed by atoms with Crippen molar-refractivity contribution in [3.63, 3.8) is 0 Å². The Labute approximate surface area is 133 Å². The van der Waals surface area contributed by atoms with E-state index in [-0.39, 0.29) is 17.1 Å². The van der Waals surface area contributed by atoms with E-state index in [1.165, 1.54) is 19.2 Å². The number of para-hydroxylation sites is 3. The SMILES string of the molecule is CCOc1ccccc1OC(=O)Oc1ccccc1C(=O)OC. The van der Waals surface area contributed by atoms with Gasteiger partial charge in [-0.15, -0.1) is 0 Å². The molecule has 0 aliphatic rings. The summed E-state index contributed by atoms with van der Waals surface area (Å²) in [5.41, 5.74) is 0.130. The van der Waals surface area contributed by atoms with Crippen LogP contribution >= 0.6 is 0 Å². The molecule has 6 heteroatoms. The zero-order valence-corrected chi connectivity index (χ0v) is 12.8. The van der Waals surface area contributed by atoms with Gasteiger partial charge in [0.2, 0.25) is 0 Å². The van der Waals surface area contributed by atoms with Crippen molar-refractivity contribution in [1.82, 2.24) is 0 Å². The molecular formula is C17H16O6. The number of rotatable bonds is 5. The lowest BCUT2D eigenvalue weighted by Gasteiger charge is -2.11. The fourth-order valence-corrected chi connectivity index (χ4v) is 1.84. The summed E-state index contributed by atoms with van der Waals surface area (Å²) in [7, 11) is 1.25. The predicted molar refractivity (Wildman–Crippen MR) is 82.0 cm³/mol. The monoisotopic (exact) mass is 316 g/mol. The van der Waals surface area contributed by atoms with Gasteiger partial charge >= 0.3 is 12.1 Å². The highest BCUT2D eigenvalue weighted by Gasteiger charge is 2.17. The first-order valence-corrected chi connectivity index (χ1v) is 6.94. The van der Waals surface area contributed by atoms with Gasteiger partial charge in [0, 0.05) is 0 Å². The van der Waals surface area contributed by atoms with Gasteiger partial charge in [-0.05, 0) is 31.2 Å². The highest BCUT2D eigenvalue weighted by Crippen LogP contribution is 2.27. The third-order valence-corrected chi connectivity index (χ3v) is 2.83. The molecule has 120 valence electrons. The number of esters is 1. The van der Waals surface area contributed by atoms with Crippen molar-refractivity contribution in [3.05, 3.63) is 54.1 Å². The molecule has 0 radical (unpaired) electrons. The Balaban J connectivity index is 2.13. The first kappa shape index (κ1) is 16.4. The molecule has 0 amide bonds. The summed E-state index contributed by atoms with van der Waals surface area (Å²) >= 11 is 0. The molecule has 2 aromatic rings. The normalized spacial score (nSPS) is 9.83. The maximum absolute atomic E-state index is 11.9. The third-order valence-electron chi connectivity index (χ3n) is 2.83. The Kier molecular flexibility index (Phi) is 5.57. The lowest BCUT2D eigenvalue weighted by Crippen LogP contribution is -2.16. The molecule has 23 heavy (non-hydrogen) atoms. The third kappa shape index (κ3) is 4.23. The zero-order valence-electron chi connectivity index (χ0n) is 12.8. The van der Waals surface area contributed by atoms with Crippen LogP contribution in [0.2, 0.25) is 0 Å². The average molecular weight is 316 g/mol. The summed E-state index contributed by atoms with van der Waals surface area (Å²) in [5, 5.41) is 0. The van der Waals surface area contributed by atoms with Crippen molar-refractivity contribution < 1.29 is 28.5 Å². The predicted octanol–water partition coefficient (Wildman–Crippen LogP) is 3.45. The molecule has 0 spiro atoms. The quantitative estimate of drug-likeness (QED) is 0.621. The Morgan fingerprint density at radius 1 is 0.870 bits per heavy atom. The summed E-state index contributed by atoms with van der Waals surface area (Å²) in [5.74, 6) is 0.101. The second kappa shape index (κ2) is 7.84. The number of carbonyl (C=O) groups excluding carboxylic acids is 2. The van der Waals surface area contributed by atoms with Crippen molar-refractivity contribution in [2.24, 2.45) is 0 Å². The van der Waals surface area contributed by atoms with Crippen LogP contribution in [0.25, 0.3) is 0 Å². The second-order valence-corrected chi connectivity index (χ2v) is 4.32. The van der Waals surface area contributed by atoms with Crippen LogP contribution in [0, 0.1) is 0 Å².